The topological polar surface area (TPSA) is 0 Å². The summed E-state index contributed by atoms with van der Waals surface area (Å²) in [5.74, 6) is 2.08. The molecule has 0 amide bonds. The van der Waals surface area contributed by atoms with Gasteiger partial charge in [-0.3, -0.25) is 0 Å². The molecule has 0 aliphatic carbocycles. The van der Waals surface area contributed by atoms with Gasteiger partial charge in [0.1, 0.15) is 7.06 Å². The highest BCUT2D eigenvalue weighted by molar-refractivity contribution is 8.96. The van der Waals surface area contributed by atoms with Crippen LogP contribution in [0.2, 0.25) is 0 Å². The van der Waals surface area contributed by atoms with Gasteiger partial charge in [0.25, 0.3) is 0 Å². The van der Waals surface area contributed by atoms with E-state index in [1.807, 2.05) is 0 Å². The lowest BCUT2D eigenvalue weighted by Crippen LogP contribution is -1.81. The van der Waals surface area contributed by atoms with Crippen LogP contribution in [-0.4, -0.2) is 18.6 Å². The number of hydrogen-bond acceptors (Lipinski definition) is 6. The van der Waals surface area contributed by atoms with Crippen LogP contribution in [0.4, 0.5) is 0 Å². The molecule has 0 spiro atoms. The first-order valence-corrected chi connectivity index (χ1v) is 8.32. The van der Waals surface area contributed by atoms with Gasteiger partial charge in [-0.1, -0.05) is 38.3 Å². The molecule has 70 valence electrons. The number of thiocarbonyl (C=S) groups is 2. The molecule has 0 radical (unpaired) electrons. The van der Waals surface area contributed by atoms with E-state index in [9.17, 15) is 0 Å². The largest absolute Gasteiger partial charge is 0.115 e. The third-order valence-corrected chi connectivity index (χ3v) is 7.04. The molecule has 0 saturated carbocycles. The van der Waals surface area contributed by atoms with Crippen molar-refractivity contribution in [3.8, 4) is 0 Å². The molecule has 0 aromatic rings. The van der Waals surface area contributed by atoms with Crippen LogP contribution >= 0.6 is 69.5 Å². The maximum absolute atomic E-state index is 5.09. The second kappa shape index (κ2) is 9.15. The third-order valence-electron chi connectivity index (χ3n) is 0.702. The second-order valence-electron chi connectivity index (χ2n) is 1.53. The smallest absolute Gasteiger partial charge is 0.107 e. The van der Waals surface area contributed by atoms with E-state index in [0.717, 1.165) is 18.6 Å². The predicted molar refractivity (Wildman–Crippen MR) is 76.6 cm³/mol. The summed E-state index contributed by atoms with van der Waals surface area (Å²) in [6.07, 6.45) is 0. The lowest BCUT2D eigenvalue weighted by Gasteiger charge is -2.00. The van der Waals surface area contributed by atoms with Gasteiger partial charge in [-0.2, -0.15) is 0 Å². The summed E-state index contributed by atoms with van der Waals surface area (Å²) in [7, 11) is 3.20. The zero-order valence-electron chi connectivity index (χ0n) is 6.86. The first-order chi connectivity index (χ1) is 5.70. The number of hydrogen-bond donors (Lipinski definition) is 0. The second-order valence-corrected chi connectivity index (χ2v) is 8.60. The third kappa shape index (κ3) is 8.19. The zero-order valence-corrected chi connectivity index (χ0v) is 11.8. The Morgan fingerprint density at radius 2 is 1.25 bits per heavy atom. The van der Waals surface area contributed by atoms with Crippen molar-refractivity contribution in [3.05, 3.63) is 0 Å². The van der Waals surface area contributed by atoms with Crippen LogP contribution in [0.5, 0.6) is 0 Å². The summed E-state index contributed by atoms with van der Waals surface area (Å²) in [6, 6.07) is 0. The van der Waals surface area contributed by atoms with Gasteiger partial charge in [-0.05, 0) is 33.1 Å². The molecule has 0 unspecified atom stereocenters. The fourth-order valence-corrected chi connectivity index (χ4v) is 5.26. The van der Waals surface area contributed by atoms with E-state index >= 15 is 0 Å². The maximum Gasteiger partial charge on any atom is 0.115 e. The monoisotopic (exact) mass is 274 g/mol. The highest BCUT2D eigenvalue weighted by atomic mass is 33.1. The van der Waals surface area contributed by atoms with E-state index in [1.54, 1.807) is 45.1 Å². The summed E-state index contributed by atoms with van der Waals surface area (Å²) >= 11 is 13.6. The van der Waals surface area contributed by atoms with Crippen LogP contribution in [-0.2, 0) is 0 Å². The van der Waals surface area contributed by atoms with Crippen LogP contribution in [0, 0.1) is 0 Å². The minimum absolute atomic E-state index is 0.974. The minimum Gasteiger partial charge on any atom is -0.107 e. The van der Waals surface area contributed by atoms with Crippen molar-refractivity contribution >= 4 is 76.6 Å². The Hall–Kier alpha value is 1.58. The maximum atomic E-state index is 5.09. The van der Waals surface area contributed by atoms with Crippen molar-refractivity contribution in [2.75, 3.05) is 11.5 Å². The predicted octanol–water partition coefficient (Wildman–Crippen LogP) is 4.44. The van der Waals surface area contributed by atoms with E-state index in [0.29, 0.717) is 0 Å². The van der Waals surface area contributed by atoms with E-state index in [1.165, 1.54) is 0 Å². The molecule has 0 atom stereocenters. The van der Waals surface area contributed by atoms with Gasteiger partial charge in [0, 0.05) is 0 Å². The Morgan fingerprint density at radius 1 is 0.917 bits per heavy atom. The van der Waals surface area contributed by atoms with Gasteiger partial charge in [-0.25, -0.2) is 0 Å². The van der Waals surface area contributed by atoms with Gasteiger partial charge in [-0.15, -0.1) is 23.5 Å². The molecule has 0 aromatic carbocycles. The highest BCUT2D eigenvalue weighted by Crippen LogP contribution is 2.33. The van der Waals surface area contributed by atoms with E-state index in [-0.39, 0.29) is 0 Å². The molecule has 12 heavy (non-hydrogen) atoms. The molecular formula is C6H10S6. The van der Waals surface area contributed by atoms with Crippen LogP contribution in [0.25, 0.3) is 0 Å². The normalized spacial score (nSPS) is 9.83. The van der Waals surface area contributed by atoms with E-state index in [4.69, 9.17) is 24.4 Å². The summed E-state index contributed by atoms with van der Waals surface area (Å²) in [6.45, 7) is 4.20. The minimum atomic E-state index is 0.974. The fraction of sp³-hybridized carbons (Fsp3) is 0.667. The standard InChI is InChI=1S/C6H10S6/c1-3-9-5(7)11-12-6(8)10-4-2/h3-4H2,1-2H3. The first kappa shape index (κ1) is 13.6. The van der Waals surface area contributed by atoms with E-state index in [2.05, 4.69) is 13.8 Å². The molecule has 0 aliphatic rings. The van der Waals surface area contributed by atoms with Crippen molar-refractivity contribution in [2.24, 2.45) is 0 Å². The summed E-state index contributed by atoms with van der Waals surface area (Å²) in [5, 5.41) is 0. The molecule has 6 heteroatoms. The molecule has 0 heterocycles. The number of rotatable bonds is 2. The van der Waals surface area contributed by atoms with E-state index < -0.39 is 0 Å². The van der Waals surface area contributed by atoms with Crippen LogP contribution < -0.4 is 0 Å². The zero-order chi connectivity index (χ0) is 9.40. The Bertz CT molecular complexity index is 136. The van der Waals surface area contributed by atoms with Gasteiger partial charge in [0.15, 0.2) is 0 Å². The summed E-state index contributed by atoms with van der Waals surface area (Å²) in [5.41, 5.74) is 0. The molecule has 0 rings (SSSR count). The summed E-state index contributed by atoms with van der Waals surface area (Å²) < 4.78 is 1.95. The highest BCUT2D eigenvalue weighted by Gasteiger charge is 2.01. The van der Waals surface area contributed by atoms with Gasteiger partial charge in [0.05, 0.1) is 0 Å². The lowest BCUT2D eigenvalue weighted by atomic mass is 11.0. The van der Waals surface area contributed by atoms with Crippen molar-refractivity contribution in [1.82, 2.24) is 0 Å². The quantitative estimate of drug-likeness (QED) is 0.535. The Balaban J connectivity index is 3.40. The molecule has 0 N–H and O–H groups in total. The van der Waals surface area contributed by atoms with Crippen molar-refractivity contribution in [3.63, 3.8) is 0 Å². The molecule has 0 saturated heterocycles. The SMILES string of the molecule is CCSC(=S)SSC(=S)SCC. The van der Waals surface area contributed by atoms with Crippen LogP contribution in [0.3, 0.4) is 0 Å². The van der Waals surface area contributed by atoms with Crippen molar-refractivity contribution in [1.29, 1.82) is 0 Å². The number of thioether (sulfide) groups is 2. The van der Waals surface area contributed by atoms with Crippen LogP contribution in [0.1, 0.15) is 13.8 Å². The Labute approximate surface area is 101 Å². The average Bonchev–Trinajstić information content (AvgIpc) is 2.02. The molecular weight excluding hydrogens is 264 g/mol. The van der Waals surface area contributed by atoms with Crippen molar-refractivity contribution < 1.29 is 0 Å². The van der Waals surface area contributed by atoms with Crippen LogP contribution in [0.15, 0.2) is 0 Å². The van der Waals surface area contributed by atoms with Crippen molar-refractivity contribution in [2.45, 2.75) is 13.8 Å². The Morgan fingerprint density at radius 3 is 1.50 bits per heavy atom. The fourth-order valence-electron chi connectivity index (χ4n) is 0.352. The molecule has 0 aromatic heterocycles. The molecule has 0 aliphatic heterocycles. The van der Waals surface area contributed by atoms with Gasteiger partial charge >= 0.3 is 0 Å². The van der Waals surface area contributed by atoms with Gasteiger partial charge in [0.2, 0.25) is 0 Å². The molecule has 0 fully saturated rings. The molecule has 0 bridgehead atoms. The average molecular weight is 275 g/mol. The Kier molecular flexibility index (Phi) is 10.4. The first-order valence-electron chi connectivity index (χ1n) is 3.38. The lowest BCUT2D eigenvalue weighted by molar-refractivity contribution is 1.54. The summed E-state index contributed by atoms with van der Waals surface area (Å²) in [4.78, 5) is 0. The van der Waals surface area contributed by atoms with Gasteiger partial charge < -0.3 is 0 Å². The molecule has 0 nitrogen and oxygen atoms in total.